The lowest BCUT2D eigenvalue weighted by atomic mass is 10.0. The van der Waals surface area contributed by atoms with Crippen LogP contribution in [0.1, 0.15) is 36.2 Å². The van der Waals surface area contributed by atoms with Gasteiger partial charge < -0.3 is 20.1 Å². The summed E-state index contributed by atoms with van der Waals surface area (Å²) in [6.07, 6.45) is 3.42. The molecule has 0 spiro atoms. The van der Waals surface area contributed by atoms with E-state index in [0.29, 0.717) is 36.0 Å². The molecule has 0 radical (unpaired) electrons. The summed E-state index contributed by atoms with van der Waals surface area (Å²) in [4.78, 5) is 34.2. The molecule has 2 heterocycles. The van der Waals surface area contributed by atoms with E-state index >= 15 is 0 Å². The Bertz CT molecular complexity index is 1490. The zero-order valence-corrected chi connectivity index (χ0v) is 24.6. The van der Waals surface area contributed by atoms with E-state index in [4.69, 9.17) is 9.47 Å². The van der Waals surface area contributed by atoms with E-state index in [9.17, 15) is 14.0 Å². The highest BCUT2D eigenvalue weighted by Crippen LogP contribution is 2.26. The Morgan fingerprint density at radius 1 is 0.956 bits per heavy atom. The molecule has 1 aliphatic rings. The Morgan fingerprint density at radius 2 is 1.67 bits per heavy atom. The van der Waals surface area contributed by atoms with Crippen molar-refractivity contribution in [2.75, 3.05) is 43.6 Å². The van der Waals surface area contributed by atoms with Crippen LogP contribution in [0, 0.1) is 5.82 Å². The first-order valence-corrected chi connectivity index (χ1v) is 14.6. The maximum atomic E-state index is 13.4. The molecule has 2 N–H and O–H groups in total. The van der Waals surface area contributed by atoms with Crippen molar-refractivity contribution in [3.05, 3.63) is 114 Å². The second-order valence-electron chi connectivity index (χ2n) is 10.5. The number of nitrogens with one attached hydrogen (secondary N) is 2. The quantitative estimate of drug-likeness (QED) is 0.182. The van der Waals surface area contributed by atoms with Gasteiger partial charge in [0.05, 0.1) is 6.61 Å². The van der Waals surface area contributed by atoms with Crippen LogP contribution in [0.15, 0.2) is 97.2 Å². The number of anilines is 2. The number of hydrogen-bond acceptors (Lipinski definition) is 6. The number of carbonyl (C=O) groups excluding carboxylic acids is 2. The van der Waals surface area contributed by atoms with Crippen LogP contribution in [0.2, 0.25) is 0 Å². The SMILES string of the molecule is C.COCCNC(=O)c1ccc(Oc2ccc(CN3CCC(N(C(=O)Nc4ccc(F)cc4)c4ccccc4)CC3)cn2)cc1. The number of benzene rings is 3. The van der Waals surface area contributed by atoms with Gasteiger partial charge in [-0.05, 0) is 79.1 Å². The second-order valence-corrected chi connectivity index (χ2v) is 10.5. The van der Waals surface area contributed by atoms with Gasteiger partial charge in [-0.1, -0.05) is 31.7 Å². The number of halogens is 1. The standard InChI is InChI=1S/C34H36FN5O4.CH4/c1-43-22-19-36-33(41)26-8-14-31(15-9-26)44-32-16-7-25(23-37-32)24-39-20-17-30(18-21-39)40(29-5-3-2-4-6-29)34(42)38-28-12-10-27(35)11-13-28;/h2-16,23,30H,17-22,24H2,1H3,(H,36,41)(H,38,42);1H4. The van der Waals surface area contributed by atoms with Gasteiger partial charge in [0.25, 0.3) is 5.91 Å². The van der Waals surface area contributed by atoms with E-state index in [1.807, 2.05) is 53.6 Å². The van der Waals surface area contributed by atoms with Crippen molar-refractivity contribution in [2.24, 2.45) is 0 Å². The van der Waals surface area contributed by atoms with Crippen molar-refractivity contribution in [3.8, 4) is 11.6 Å². The predicted octanol–water partition coefficient (Wildman–Crippen LogP) is 6.73. The fourth-order valence-electron chi connectivity index (χ4n) is 5.12. The molecular formula is C35H40FN5O4. The van der Waals surface area contributed by atoms with Crippen LogP contribution in [-0.4, -0.2) is 61.2 Å². The topological polar surface area (TPSA) is 96.0 Å². The maximum Gasteiger partial charge on any atom is 0.326 e. The van der Waals surface area contributed by atoms with Crippen molar-refractivity contribution in [1.29, 1.82) is 0 Å². The second kappa shape index (κ2) is 16.3. The summed E-state index contributed by atoms with van der Waals surface area (Å²) in [5, 5.41) is 5.71. The number of ether oxygens (including phenoxy) is 2. The number of para-hydroxylation sites is 1. The summed E-state index contributed by atoms with van der Waals surface area (Å²) in [7, 11) is 1.59. The van der Waals surface area contributed by atoms with Crippen LogP contribution < -0.4 is 20.3 Å². The first-order valence-electron chi connectivity index (χ1n) is 14.6. The average molecular weight is 614 g/mol. The minimum Gasteiger partial charge on any atom is -0.439 e. The van der Waals surface area contributed by atoms with Gasteiger partial charge in [-0.25, -0.2) is 14.2 Å². The summed E-state index contributed by atoms with van der Waals surface area (Å²) in [6, 6.07) is 25.9. The zero-order chi connectivity index (χ0) is 30.7. The summed E-state index contributed by atoms with van der Waals surface area (Å²) in [5.41, 5.74) is 2.98. The number of piperidine rings is 1. The predicted molar refractivity (Wildman–Crippen MR) is 174 cm³/mol. The Kier molecular flexibility index (Phi) is 12.0. The third-order valence-corrected chi connectivity index (χ3v) is 7.41. The van der Waals surface area contributed by atoms with Gasteiger partial charge in [0.15, 0.2) is 0 Å². The molecule has 1 aromatic heterocycles. The summed E-state index contributed by atoms with van der Waals surface area (Å²) in [5.74, 6) is 0.544. The Hall–Kier alpha value is -4.80. The smallest absolute Gasteiger partial charge is 0.326 e. The number of hydrogen-bond donors (Lipinski definition) is 2. The highest BCUT2D eigenvalue weighted by Gasteiger charge is 2.29. The van der Waals surface area contributed by atoms with Gasteiger partial charge in [-0.3, -0.25) is 14.6 Å². The maximum absolute atomic E-state index is 13.4. The number of aromatic nitrogens is 1. The summed E-state index contributed by atoms with van der Waals surface area (Å²) in [6.45, 7) is 3.28. The minimum absolute atomic E-state index is 0. The average Bonchev–Trinajstić information content (AvgIpc) is 3.05. The van der Waals surface area contributed by atoms with Crippen molar-refractivity contribution in [3.63, 3.8) is 0 Å². The number of urea groups is 1. The molecule has 45 heavy (non-hydrogen) atoms. The lowest BCUT2D eigenvalue weighted by molar-refractivity contribution is 0.0937. The van der Waals surface area contributed by atoms with Crippen LogP contribution in [0.4, 0.5) is 20.6 Å². The van der Waals surface area contributed by atoms with Crippen LogP contribution in [-0.2, 0) is 11.3 Å². The van der Waals surface area contributed by atoms with Crippen molar-refractivity contribution in [1.82, 2.24) is 15.2 Å². The molecule has 236 valence electrons. The van der Waals surface area contributed by atoms with E-state index in [2.05, 4.69) is 20.5 Å². The van der Waals surface area contributed by atoms with Gasteiger partial charge >= 0.3 is 6.03 Å². The highest BCUT2D eigenvalue weighted by atomic mass is 19.1. The number of carbonyl (C=O) groups is 2. The number of likely N-dealkylation sites (tertiary alicyclic amines) is 1. The molecule has 3 aromatic carbocycles. The Balaban J connectivity index is 0.00000461. The van der Waals surface area contributed by atoms with Crippen LogP contribution in [0.25, 0.3) is 0 Å². The Morgan fingerprint density at radius 3 is 2.31 bits per heavy atom. The number of nitrogens with zero attached hydrogens (tertiary/aromatic N) is 3. The molecule has 0 saturated carbocycles. The van der Waals surface area contributed by atoms with Gasteiger partial charge in [0.2, 0.25) is 5.88 Å². The zero-order valence-electron chi connectivity index (χ0n) is 24.6. The first-order chi connectivity index (χ1) is 21.5. The monoisotopic (exact) mass is 613 g/mol. The molecule has 3 amide bonds. The number of amides is 3. The molecule has 0 bridgehead atoms. The molecule has 0 atom stereocenters. The molecule has 1 saturated heterocycles. The number of methoxy groups -OCH3 is 1. The van der Waals surface area contributed by atoms with Gasteiger partial charge in [-0.15, -0.1) is 0 Å². The van der Waals surface area contributed by atoms with E-state index < -0.39 is 0 Å². The molecule has 1 aliphatic heterocycles. The van der Waals surface area contributed by atoms with E-state index in [0.717, 1.165) is 43.7 Å². The molecule has 4 aromatic rings. The molecule has 0 unspecified atom stereocenters. The molecule has 0 aliphatic carbocycles. The van der Waals surface area contributed by atoms with Gasteiger partial charge in [0, 0.05) is 68.5 Å². The summed E-state index contributed by atoms with van der Waals surface area (Å²) >= 11 is 0. The van der Waals surface area contributed by atoms with Gasteiger partial charge in [-0.2, -0.15) is 0 Å². The van der Waals surface area contributed by atoms with Crippen LogP contribution in [0.5, 0.6) is 11.6 Å². The molecule has 5 rings (SSSR count). The first kappa shape index (κ1) is 33.1. The van der Waals surface area contributed by atoms with Crippen molar-refractivity contribution in [2.45, 2.75) is 32.9 Å². The van der Waals surface area contributed by atoms with Crippen molar-refractivity contribution < 1.29 is 23.5 Å². The number of rotatable bonds is 11. The van der Waals surface area contributed by atoms with Crippen molar-refractivity contribution >= 4 is 23.3 Å². The third kappa shape index (κ3) is 9.34. The van der Waals surface area contributed by atoms with Crippen LogP contribution in [0.3, 0.4) is 0 Å². The fraction of sp³-hybridized carbons (Fsp3) is 0.286. The Labute approximate surface area is 264 Å². The van der Waals surface area contributed by atoms with E-state index in [-0.39, 0.29) is 31.2 Å². The largest absolute Gasteiger partial charge is 0.439 e. The van der Waals surface area contributed by atoms with Gasteiger partial charge in [0.1, 0.15) is 11.6 Å². The minimum atomic E-state index is -0.348. The third-order valence-electron chi connectivity index (χ3n) is 7.41. The fourth-order valence-corrected chi connectivity index (χ4v) is 5.12. The molecule has 10 heteroatoms. The lowest BCUT2D eigenvalue weighted by Gasteiger charge is -2.38. The highest BCUT2D eigenvalue weighted by molar-refractivity contribution is 6.02. The normalized spacial score (nSPS) is 13.4. The molecule has 1 fully saturated rings. The van der Waals surface area contributed by atoms with Crippen LogP contribution >= 0.6 is 0 Å². The molecular weight excluding hydrogens is 573 g/mol. The lowest BCUT2D eigenvalue weighted by Crippen LogP contribution is -2.49. The summed E-state index contributed by atoms with van der Waals surface area (Å²) < 4.78 is 24.2. The molecule has 9 nitrogen and oxygen atoms in total. The van der Waals surface area contributed by atoms with E-state index in [1.165, 1.54) is 12.1 Å². The number of pyridine rings is 1. The van der Waals surface area contributed by atoms with E-state index in [1.54, 1.807) is 43.5 Å².